The minimum absolute atomic E-state index is 0.443. The molecule has 0 radical (unpaired) electrons. The summed E-state index contributed by atoms with van der Waals surface area (Å²) in [7, 11) is 0. The van der Waals surface area contributed by atoms with Gasteiger partial charge in [-0.2, -0.15) is 13.2 Å². The smallest absolute Gasteiger partial charge is 0.345 e. The Morgan fingerprint density at radius 1 is 1.00 bits per heavy atom. The molecule has 1 fully saturated rings. The van der Waals surface area contributed by atoms with Gasteiger partial charge in [-0.1, -0.05) is 0 Å². The largest absolute Gasteiger partial charge is 0.434 e. The van der Waals surface area contributed by atoms with Gasteiger partial charge in [-0.25, -0.2) is 9.97 Å². The molecule has 0 spiro atoms. The first-order valence-corrected chi connectivity index (χ1v) is 8.51. The van der Waals surface area contributed by atoms with Crippen molar-refractivity contribution >= 4 is 32.9 Å². The fraction of sp³-hybridized carbons (Fsp3) is 0.538. The van der Waals surface area contributed by atoms with E-state index < -0.39 is 11.9 Å². The van der Waals surface area contributed by atoms with Gasteiger partial charge in [0.05, 0.1) is 5.69 Å². The van der Waals surface area contributed by atoms with Crippen molar-refractivity contribution in [3.8, 4) is 0 Å². The zero-order valence-electron chi connectivity index (χ0n) is 12.1. The molecule has 0 saturated carbocycles. The first-order valence-electron chi connectivity index (χ1n) is 6.81. The number of hydrogen-bond acceptors (Lipinski definition) is 6. The molecule has 0 N–H and O–H groups in total. The van der Waals surface area contributed by atoms with Crippen molar-refractivity contribution in [3.05, 3.63) is 21.6 Å². The first kappa shape index (κ1) is 15.5. The molecule has 0 amide bonds. The molecule has 0 unspecified atom stereocenters. The quantitative estimate of drug-likeness (QED) is 0.831. The van der Waals surface area contributed by atoms with E-state index in [1.165, 1.54) is 4.88 Å². The summed E-state index contributed by atoms with van der Waals surface area (Å²) in [5, 5.41) is 2.51. The summed E-state index contributed by atoms with van der Waals surface area (Å²) in [4.78, 5) is 13.5. The maximum absolute atomic E-state index is 12.6. The third-order valence-corrected chi connectivity index (χ3v) is 5.66. The molecular formula is C13H15F3N4S2. The summed E-state index contributed by atoms with van der Waals surface area (Å²) in [6.07, 6.45) is -4.37. The van der Waals surface area contributed by atoms with Crippen molar-refractivity contribution in [2.75, 3.05) is 36.0 Å². The molecule has 3 heterocycles. The van der Waals surface area contributed by atoms with Crippen LogP contribution in [0.5, 0.6) is 0 Å². The van der Waals surface area contributed by atoms with Crippen LogP contribution >= 0.6 is 22.7 Å². The van der Waals surface area contributed by atoms with Crippen LogP contribution in [0, 0.1) is 13.8 Å². The van der Waals surface area contributed by atoms with Crippen molar-refractivity contribution in [2.24, 2.45) is 0 Å². The number of nitrogens with zero attached hydrogens (tertiary/aromatic N) is 4. The van der Waals surface area contributed by atoms with Crippen LogP contribution < -0.4 is 9.80 Å². The number of anilines is 2. The lowest BCUT2D eigenvalue weighted by Crippen LogP contribution is -2.46. The molecule has 1 saturated heterocycles. The molecular weight excluding hydrogens is 333 g/mol. The third-order valence-electron chi connectivity index (χ3n) is 3.62. The number of piperazine rings is 1. The Hall–Kier alpha value is -1.35. The molecule has 0 aromatic carbocycles. The van der Waals surface area contributed by atoms with Crippen LogP contribution in [0.15, 0.2) is 5.38 Å². The Balaban J connectivity index is 1.65. The van der Waals surface area contributed by atoms with Crippen LogP contribution in [0.3, 0.4) is 0 Å². The second kappa shape index (κ2) is 5.69. The van der Waals surface area contributed by atoms with Crippen molar-refractivity contribution in [2.45, 2.75) is 20.0 Å². The molecule has 3 rings (SSSR count). The topological polar surface area (TPSA) is 32.3 Å². The van der Waals surface area contributed by atoms with Crippen LogP contribution in [0.25, 0.3) is 0 Å². The van der Waals surface area contributed by atoms with Gasteiger partial charge in [-0.3, -0.25) is 0 Å². The number of alkyl halides is 3. The Morgan fingerprint density at radius 3 is 2.05 bits per heavy atom. The van der Waals surface area contributed by atoms with E-state index in [0.29, 0.717) is 18.2 Å². The van der Waals surface area contributed by atoms with Gasteiger partial charge in [0.15, 0.2) is 16.0 Å². The van der Waals surface area contributed by atoms with E-state index in [4.69, 9.17) is 0 Å². The maximum atomic E-state index is 12.6. The summed E-state index contributed by atoms with van der Waals surface area (Å²) in [5.74, 6) is 0. The lowest BCUT2D eigenvalue weighted by Gasteiger charge is -2.34. The van der Waals surface area contributed by atoms with E-state index in [1.54, 1.807) is 11.3 Å². The standard InChI is InChI=1S/C13H15F3N4S2/c1-8-9(2)22-12(17-8)20-5-3-19(4-6-20)11-18-10(7-21-11)13(14,15)16/h7H,3-6H2,1-2H3. The normalized spacial score (nSPS) is 16.4. The monoisotopic (exact) mass is 348 g/mol. The van der Waals surface area contributed by atoms with Gasteiger partial charge in [0.25, 0.3) is 0 Å². The van der Waals surface area contributed by atoms with E-state index in [0.717, 1.165) is 40.6 Å². The average molecular weight is 348 g/mol. The van der Waals surface area contributed by atoms with Crippen LogP contribution in [-0.2, 0) is 6.18 Å². The van der Waals surface area contributed by atoms with Gasteiger partial charge in [-0.15, -0.1) is 22.7 Å². The fourth-order valence-corrected chi connectivity index (χ4v) is 4.07. The third kappa shape index (κ3) is 3.05. The van der Waals surface area contributed by atoms with Gasteiger partial charge in [0.2, 0.25) is 0 Å². The average Bonchev–Trinajstić information content (AvgIpc) is 3.07. The fourth-order valence-electron chi connectivity index (χ4n) is 2.22. The molecule has 22 heavy (non-hydrogen) atoms. The second-order valence-corrected chi connectivity index (χ2v) is 7.14. The van der Waals surface area contributed by atoms with E-state index in [-0.39, 0.29) is 0 Å². The van der Waals surface area contributed by atoms with Crippen molar-refractivity contribution < 1.29 is 13.2 Å². The number of halogens is 3. The zero-order chi connectivity index (χ0) is 15.9. The summed E-state index contributed by atoms with van der Waals surface area (Å²) >= 11 is 2.71. The maximum Gasteiger partial charge on any atom is 0.434 e. The zero-order valence-corrected chi connectivity index (χ0v) is 13.8. The SMILES string of the molecule is Cc1nc(N2CCN(c3nc(C(F)(F)F)cs3)CC2)sc1C. The summed E-state index contributed by atoms with van der Waals surface area (Å²) in [5.41, 5.74) is 0.235. The Morgan fingerprint density at radius 2 is 1.59 bits per heavy atom. The molecule has 0 atom stereocenters. The minimum Gasteiger partial charge on any atom is -0.345 e. The number of aromatic nitrogens is 2. The lowest BCUT2D eigenvalue weighted by atomic mass is 10.3. The lowest BCUT2D eigenvalue weighted by molar-refractivity contribution is -0.140. The molecule has 1 aliphatic heterocycles. The van der Waals surface area contributed by atoms with Crippen LogP contribution in [0.4, 0.5) is 23.4 Å². The highest BCUT2D eigenvalue weighted by Gasteiger charge is 2.34. The summed E-state index contributed by atoms with van der Waals surface area (Å²) in [6.45, 7) is 6.83. The first-order chi connectivity index (χ1) is 10.3. The van der Waals surface area contributed by atoms with E-state index >= 15 is 0 Å². The molecule has 0 aliphatic carbocycles. The molecule has 2 aromatic heterocycles. The van der Waals surface area contributed by atoms with Crippen molar-refractivity contribution in [1.82, 2.24) is 9.97 Å². The Bertz CT molecular complexity index is 637. The highest BCUT2D eigenvalue weighted by molar-refractivity contribution is 7.15. The van der Waals surface area contributed by atoms with Gasteiger partial charge in [-0.05, 0) is 13.8 Å². The van der Waals surface area contributed by atoms with Crippen LogP contribution in [0.2, 0.25) is 0 Å². The second-order valence-electron chi connectivity index (χ2n) is 5.13. The summed E-state index contributed by atoms with van der Waals surface area (Å²) < 4.78 is 37.8. The molecule has 1 aliphatic rings. The highest BCUT2D eigenvalue weighted by atomic mass is 32.1. The molecule has 2 aromatic rings. The predicted molar refractivity (Wildman–Crippen MR) is 83.1 cm³/mol. The van der Waals surface area contributed by atoms with Crippen molar-refractivity contribution in [3.63, 3.8) is 0 Å². The molecule has 9 heteroatoms. The number of aryl methyl sites for hydroxylation is 2. The number of hydrogen-bond donors (Lipinski definition) is 0. The predicted octanol–water partition coefficient (Wildman–Crippen LogP) is 3.56. The highest BCUT2D eigenvalue weighted by Crippen LogP contribution is 2.33. The summed E-state index contributed by atoms with van der Waals surface area (Å²) in [6, 6.07) is 0. The van der Waals surface area contributed by atoms with Gasteiger partial charge >= 0.3 is 6.18 Å². The Labute approximate surface area is 134 Å². The van der Waals surface area contributed by atoms with Gasteiger partial charge < -0.3 is 9.80 Å². The minimum atomic E-state index is -4.37. The van der Waals surface area contributed by atoms with E-state index in [9.17, 15) is 13.2 Å². The van der Waals surface area contributed by atoms with E-state index in [2.05, 4.69) is 14.9 Å². The molecule has 4 nitrogen and oxygen atoms in total. The van der Waals surface area contributed by atoms with Crippen LogP contribution in [0.1, 0.15) is 16.3 Å². The van der Waals surface area contributed by atoms with Crippen LogP contribution in [-0.4, -0.2) is 36.1 Å². The van der Waals surface area contributed by atoms with E-state index in [1.807, 2.05) is 18.7 Å². The van der Waals surface area contributed by atoms with Gasteiger partial charge in [0, 0.05) is 36.4 Å². The van der Waals surface area contributed by atoms with Gasteiger partial charge in [0.1, 0.15) is 0 Å². The molecule has 0 bridgehead atoms. The van der Waals surface area contributed by atoms with Crippen molar-refractivity contribution in [1.29, 1.82) is 0 Å². The number of thiazole rings is 2. The molecule has 120 valence electrons. The Kier molecular flexibility index (Phi) is 4.02. The number of rotatable bonds is 2.